The van der Waals surface area contributed by atoms with Crippen molar-refractivity contribution in [2.45, 2.75) is 90.6 Å². The highest BCUT2D eigenvalue weighted by atomic mass is 16.6. The number of alkyl carbamates (subject to hydrolysis) is 1. The van der Waals surface area contributed by atoms with Crippen molar-refractivity contribution < 1.29 is 29.3 Å². The number of aryl methyl sites for hydroxylation is 1. The van der Waals surface area contributed by atoms with Crippen LogP contribution < -0.4 is 10.6 Å². The van der Waals surface area contributed by atoms with Crippen LogP contribution in [0.15, 0.2) is 18.2 Å². The highest BCUT2D eigenvalue weighted by Crippen LogP contribution is 2.36. The number of aromatic hydroxyl groups is 1. The standard InChI is InChI=1S/C24H37N3O6/c1-14-12-15(8-11-18(14)29)19(20(30)26-23(2,3)4)27(16-9-10-16)21(31)17(13-28)25-22(32)33-24(5,6)7/h8,11-12,16-17,19,28-29H,9-10,13H2,1-7H3,(H,25,32)(H,26,30). The minimum absolute atomic E-state index is 0.0813. The first-order valence-electron chi connectivity index (χ1n) is 11.2. The first-order chi connectivity index (χ1) is 15.1. The molecule has 33 heavy (non-hydrogen) atoms. The molecule has 1 aliphatic carbocycles. The summed E-state index contributed by atoms with van der Waals surface area (Å²) in [5.41, 5.74) is -0.233. The summed E-state index contributed by atoms with van der Waals surface area (Å²) in [6.07, 6.45) is 0.571. The largest absolute Gasteiger partial charge is 0.508 e. The van der Waals surface area contributed by atoms with Gasteiger partial charge in [0, 0.05) is 11.6 Å². The molecule has 9 heteroatoms. The smallest absolute Gasteiger partial charge is 0.408 e. The molecule has 1 aromatic rings. The molecule has 0 radical (unpaired) electrons. The number of hydrogen-bond donors (Lipinski definition) is 4. The Balaban J connectivity index is 2.43. The van der Waals surface area contributed by atoms with Crippen molar-refractivity contribution in [3.63, 3.8) is 0 Å². The van der Waals surface area contributed by atoms with Crippen LogP contribution in [0.5, 0.6) is 5.75 Å². The molecule has 2 rings (SSSR count). The second kappa shape index (κ2) is 9.99. The normalized spacial score (nSPS) is 15.9. The van der Waals surface area contributed by atoms with E-state index < -0.39 is 41.8 Å². The number of phenolic OH excluding ortho intramolecular Hbond substituents is 1. The molecule has 0 bridgehead atoms. The van der Waals surface area contributed by atoms with Crippen LogP contribution in [0.3, 0.4) is 0 Å². The van der Waals surface area contributed by atoms with Gasteiger partial charge in [-0.3, -0.25) is 9.59 Å². The predicted octanol–water partition coefficient (Wildman–Crippen LogP) is 2.53. The summed E-state index contributed by atoms with van der Waals surface area (Å²) >= 11 is 0. The van der Waals surface area contributed by atoms with E-state index >= 15 is 0 Å². The highest BCUT2D eigenvalue weighted by molar-refractivity contribution is 5.93. The average molecular weight is 464 g/mol. The molecule has 2 unspecified atom stereocenters. The van der Waals surface area contributed by atoms with Gasteiger partial charge in [0.25, 0.3) is 0 Å². The van der Waals surface area contributed by atoms with Crippen molar-refractivity contribution in [2.24, 2.45) is 0 Å². The Morgan fingerprint density at radius 2 is 1.76 bits per heavy atom. The maximum absolute atomic E-state index is 13.6. The molecule has 184 valence electrons. The van der Waals surface area contributed by atoms with Crippen LogP contribution in [0, 0.1) is 6.92 Å². The Bertz CT molecular complexity index is 883. The van der Waals surface area contributed by atoms with E-state index in [0.717, 1.165) is 0 Å². The van der Waals surface area contributed by atoms with Crippen molar-refractivity contribution >= 4 is 17.9 Å². The molecule has 0 spiro atoms. The molecule has 3 amide bonds. The molecule has 1 aliphatic rings. The summed E-state index contributed by atoms with van der Waals surface area (Å²) in [4.78, 5) is 40.7. The van der Waals surface area contributed by atoms with E-state index in [-0.39, 0.29) is 17.7 Å². The lowest BCUT2D eigenvalue weighted by molar-refractivity contribution is -0.144. The Hall–Kier alpha value is -2.81. The van der Waals surface area contributed by atoms with Gasteiger partial charge in [-0.25, -0.2) is 4.79 Å². The maximum atomic E-state index is 13.6. The van der Waals surface area contributed by atoms with E-state index in [0.29, 0.717) is 24.0 Å². The average Bonchev–Trinajstić information content (AvgIpc) is 3.48. The Morgan fingerprint density at radius 3 is 2.21 bits per heavy atom. The van der Waals surface area contributed by atoms with E-state index in [1.807, 2.05) is 20.8 Å². The number of nitrogens with zero attached hydrogens (tertiary/aromatic N) is 1. The lowest BCUT2D eigenvalue weighted by Gasteiger charge is -2.36. The number of benzene rings is 1. The Kier molecular flexibility index (Phi) is 8.00. The van der Waals surface area contributed by atoms with Gasteiger partial charge in [-0.15, -0.1) is 0 Å². The summed E-state index contributed by atoms with van der Waals surface area (Å²) in [7, 11) is 0. The predicted molar refractivity (Wildman–Crippen MR) is 124 cm³/mol. The number of carbonyl (C=O) groups is 3. The lowest BCUT2D eigenvalue weighted by atomic mass is 9.98. The molecule has 4 N–H and O–H groups in total. The summed E-state index contributed by atoms with van der Waals surface area (Å²) in [6, 6.07) is 2.27. The van der Waals surface area contributed by atoms with Gasteiger partial charge >= 0.3 is 6.09 Å². The Morgan fingerprint density at radius 1 is 1.15 bits per heavy atom. The topological polar surface area (TPSA) is 128 Å². The molecule has 0 saturated heterocycles. The third kappa shape index (κ3) is 7.63. The molecule has 0 aliphatic heterocycles. The van der Waals surface area contributed by atoms with Gasteiger partial charge in [0.2, 0.25) is 11.8 Å². The second-order valence-corrected chi connectivity index (χ2v) is 10.5. The third-order valence-electron chi connectivity index (χ3n) is 4.93. The molecule has 2 atom stereocenters. The van der Waals surface area contributed by atoms with E-state index in [2.05, 4.69) is 10.6 Å². The van der Waals surface area contributed by atoms with Crippen LogP contribution in [0.1, 0.15) is 71.6 Å². The number of phenols is 1. The molecule has 1 saturated carbocycles. The van der Waals surface area contributed by atoms with Crippen molar-refractivity contribution in [3.05, 3.63) is 29.3 Å². The minimum atomic E-state index is -1.27. The fourth-order valence-electron chi connectivity index (χ4n) is 3.41. The second-order valence-electron chi connectivity index (χ2n) is 10.5. The van der Waals surface area contributed by atoms with Gasteiger partial charge in [0.05, 0.1) is 6.61 Å². The van der Waals surface area contributed by atoms with Crippen molar-refractivity contribution in [2.75, 3.05) is 6.61 Å². The quantitative estimate of drug-likeness (QED) is 0.492. The number of amides is 3. The van der Waals surface area contributed by atoms with E-state index in [9.17, 15) is 24.6 Å². The monoisotopic (exact) mass is 463 g/mol. The molecule has 0 heterocycles. The first kappa shape index (κ1) is 26.4. The van der Waals surface area contributed by atoms with Crippen LogP contribution in [-0.2, 0) is 14.3 Å². The SMILES string of the molecule is Cc1cc(C(C(=O)NC(C)(C)C)N(C(=O)C(CO)NC(=O)OC(C)(C)C)C2CC2)ccc1O. The van der Waals surface area contributed by atoms with Crippen molar-refractivity contribution in [1.29, 1.82) is 0 Å². The van der Waals surface area contributed by atoms with Crippen LogP contribution in [0.2, 0.25) is 0 Å². The number of rotatable bonds is 7. The molecule has 0 aromatic heterocycles. The number of aliphatic hydroxyl groups is 1. The van der Waals surface area contributed by atoms with Crippen molar-refractivity contribution in [1.82, 2.24) is 15.5 Å². The van der Waals surface area contributed by atoms with Gasteiger partial charge in [0.1, 0.15) is 23.4 Å². The number of ether oxygens (including phenoxy) is 1. The van der Waals surface area contributed by atoms with Crippen LogP contribution in [-0.4, -0.2) is 62.9 Å². The number of aliphatic hydroxyl groups excluding tert-OH is 1. The third-order valence-corrected chi connectivity index (χ3v) is 4.93. The lowest BCUT2D eigenvalue weighted by Crippen LogP contribution is -2.56. The van der Waals surface area contributed by atoms with E-state index in [4.69, 9.17) is 4.74 Å². The molecule has 9 nitrogen and oxygen atoms in total. The summed E-state index contributed by atoms with van der Waals surface area (Å²) in [5.74, 6) is -0.884. The zero-order valence-corrected chi connectivity index (χ0v) is 20.6. The van der Waals surface area contributed by atoms with Gasteiger partial charge < -0.3 is 30.5 Å². The summed E-state index contributed by atoms with van der Waals surface area (Å²) in [6.45, 7) is 11.7. The summed E-state index contributed by atoms with van der Waals surface area (Å²) < 4.78 is 5.22. The number of nitrogens with one attached hydrogen (secondary N) is 2. The van der Waals surface area contributed by atoms with Gasteiger partial charge in [-0.1, -0.05) is 6.07 Å². The van der Waals surface area contributed by atoms with Gasteiger partial charge in [0.15, 0.2) is 0 Å². The van der Waals surface area contributed by atoms with Crippen LogP contribution >= 0.6 is 0 Å². The van der Waals surface area contributed by atoms with Crippen molar-refractivity contribution in [3.8, 4) is 5.75 Å². The minimum Gasteiger partial charge on any atom is -0.508 e. The number of carbonyl (C=O) groups excluding carboxylic acids is 3. The van der Waals surface area contributed by atoms with Crippen LogP contribution in [0.25, 0.3) is 0 Å². The highest BCUT2D eigenvalue weighted by Gasteiger charge is 2.44. The molecule has 1 aromatic carbocycles. The van der Waals surface area contributed by atoms with Crippen LogP contribution in [0.4, 0.5) is 4.79 Å². The molecular formula is C24H37N3O6. The zero-order chi connectivity index (χ0) is 25.1. The van der Waals surface area contributed by atoms with E-state index in [1.165, 1.54) is 11.0 Å². The fraction of sp³-hybridized carbons (Fsp3) is 0.625. The van der Waals surface area contributed by atoms with E-state index in [1.54, 1.807) is 39.8 Å². The first-order valence-corrected chi connectivity index (χ1v) is 11.2. The van der Waals surface area contributed by atoms with Gasteiger partial charge in [-0.2, -0.15) is 0 Å². The zero-order valence-electron chi connectivity index (χ0n) is 20.6. The summed E-state index contributed by atoms with van der Waals surface area (Å²) in [5, 5.41) is 25.2. The fourth-order valence-corrected chi connectivity index (χ4v) is 3.41. The molecular weight excluding hydrogens is 426 g/mol. The number of hydrogen-bond acceptors (Lipinski definition) is 6. The Labute approximate surface area is 195 Å². The maximum Gasteiger partial charge on any atom is 0.408 e. The molecule has 1 fully saturated rings. The van der Waals surface area contributed by atoms with Gasteiger partial charge in [-0.05, 0) is 84.6 Å².